The molecule has 0 atom stereocenters. The highest BCUT2D eigenvalue weighted by Gasteiger charge is 2.02. The summed E-state index contributed by atoms with van der Waals surface area (Å²) in [5.74, 6) is -0.457. The Morgan fingerprint density at radius 2 is 1.83 bits per heavy atom. The number of hydrogen-bond acceptors (Lipinski definition) is 1. The fraction of sp³-hybridized carbons (Fsp3) is 0.333. The van der Waals surface area contributed by atoms with E-state index in [9.17, 15) is 4.39 Å². The van der Waals surface area contributed by atoms with E-state index in [0.717, 1.165) is 6.07 Å². The van der Waals surface area contributed by atoms with E-state index in [2.05, 4.69) is 15.9 Å². The van der Waals surface area contributed by atoms with Crippen LogP contribution in [0.25, 0.3) is 0 Å². The SMILES string of the molecule is CC.Cc1c(O)cc(F)cc1Br. The standard InChI is InChI=1S/C7H6BrFO.C2H6/c1-4-6(8)2-5(9)3-7(4)10;1-2/h2-3,10H,1H3;1-2H3. The molecule has 3 heteroatoms. The number of phenolic OH excluding ortho intramolecular Hbond substituents is 1. The van der Waals surface area contributed by atoms with E-state index in [-0.39, 0.29) is 5.75 Å². The van der Waals surface area contributed by atoms with Gasteiger partial charge in [-0.2, -0.15) is 0 Å². The van der Waals surface area contributed by atoms with Gasteiger partial charge in [0.2, 0.25) is 0 Å². The Labute approximate surface area is 80.4 Å². The number of hydrogen-bond donors (Lipinski definition) is 1. The van der Waals surface area contributed by atoms with Crippen LogP contribution in [0.3, 0.4) is 0 Å². The van der Waals surface area contributed by atoms with Crippen LogP contribution in [0.15, 0.2) is 16.6 Å². The lowest BCUT2D eigenvalue weighted by Gasteiger charge is -1.99. The van der Waals surface area contributed by atoms with Crippen molar-refractivity contribution in [2.75, 3.05) is 0 Å². The summed E-state index contributed by atoms with van der Waals surface area (Å²) in [7, 11) is 0. The Bertz CT molecular complexity index is 238. The van der Waals surface area contributed by atoms with Gasteiger partial charge < -0.3 is 5.11 Å². The summed E-state index contributed by atoms with van der Waals surface area (Å²) in [6.07, 6.45) is 0. The summed E-state index contributed by atoms with van der Waals surface area (Å²) in [6.45, 7) is 5.71. The van der Waals surface area contributed by atoms with Crippen molar-refractivity contribution in [1.82, 2.24) is 0 Å². The molecule has 0 unspecified atom stereocenters. The number of phenols is 1. The molecule has 0 bridgehead atoms. The van der Waals surface area contributed by atoms with Crippen LogP contribution in [-0.2, 0) is 0 Å². The Morgan fingerprint density at radius 3 is 2.25 bits per heavy atom. The largest absolute Gasteiger partial charge is 0.508 e. The third-order valence-corrected chi connectivity index (χ3v) is 2.11. The van der Waals surface area contributed by atoms with Crippen LogP contribution in [0.4, 0.5) is 4.39 Å². The van der Waals surface area contributed by atoms with E-state index in [1.165, 1.54) is 6.07 Å². The van der Waals surface area contributed by atoms with Gasteiger partial charge >= 0.3 is 0 Å². The van der Waals surface area contributed by atoms with Crippen LogP contribution in [-0.4, -0.2) is 5.11 Å². The molecule has 1 rings (SSSR count). The Kier molecular flexibility index (Phi) is 4.90. The minimum Gasteiger partial charge on any atom is -0.508 e. The van der Waals surface area contributed by atoms with Gasteiger partial charge in [-0.25, -0.2) is 4.39 Å². The molecular formula is C9H12BrFO. The van der Waals surface area contributed by atoms with E-state index in [0.29, 0.717) is 10.0 Å². The molecule has 0 amide bonds. The van der Waals surface area contributed by atoms with Crippen molar-refractivity contribution in [3.63, 3.8) is 0 Å². The lowest BCUT2D eigenvalue weighted by Crippen LogP contribution is -1.79. The van der Waals surface area contributed by atoms with Crippen molar-refractivity contribution in [2.45, 2.75) is 20.8 Å². The van der Waals surface area contributed by atoms with Gasteiger partial charge in [0, 0.05) is 16.1 Å². The number of benzene rings is 1. The zero-order valence-electron chi connectivity index (χ0n) is 7.36. The third kappa shape index (κ3) is 2.81. The minimum absolute atomic E-state index is 0.0214. The van der Waals surface area contributed by atoms with Crippen LogP contribution in [0.5, 0.6) is 5.75 Å². The third-order valence-electron chi connectivity index (χ3n) is 1.28. The van der Waals surface area contributed by atoms with Gasteiger partial charge in [0.25, 0.3) is 0 Å². The quantitative estimate of drug-likeness (QED) is 0.727. The fourth-order valence-corrected chi connectivity index (χ4v) is 1.05. The minimum atomic E-state index is -0.435. The molecule has 68 valence electrons. The molecule has 0 aliphatic rings. The van der Waals surface area contributed by atoms with Crippen LogP contribution in [0.2, 0.25) is 0 Å². The second kappa shape index (κ2) is 5.14. The lowest BCUT2D eigenvalue weighted by atomic mass is 10.2. The van der Waals surface area contributed by atoms with Crippen LogP contribution in [0.1, 0.15) is 19.4 Å². The van der Waals surface area contributed by atoms with Crippen molar-refractivity contribution >= 4 is 15.9 Å². The topological polar surface area (TPSA) is 20.2 Å². The predicted octanol–water partition coefficient (Wildman–Crippen LogP) is 3.63. The van der Waals surface area contributed by atoms with E-state index < -0.39 is 5.82 Å². The lowest BCUT2D eigenvalue weighted by molar-refractivity contribution is 0.464. The second-order valence-corrected chi connectivity index (χ2v) is 2.89. The molecular weight excluding hydrogens is 223 g/mol. The highest BCUT2D eigenvalue weighted by molar-refractivity contribution is 9.10. The molecule has 1 N–H and O–H groups in total. The highest BCUT2D eigenvalue weighted by atomic mass is 79.9. The molecule has 0 heterocycles. The maximum Gasteiger partial charge on any atom is 0.128 e. The Balaban J connectivity index is 0.000000561. The first-order valence-electron chi connectivity index (χ1n) is 3.76. The first kappa shape index (κ1) is 11.4. The van der Waals surface area contributed by atoms with Gasteiger partial charge in [-0.05, 0) is 13.0 Å². The van der Waals surface area contributed by atoms with E-state index in [4.69, 9.17) is 5.11 Å². The predicted molar refractivity (Wildman–Crippen MR) is 51.8 cm³/mol. The van der Waals surface area contributed by atoms with Gasteiger partial charge in [0.1, 0.15) is 11.6 Å². The summed E-state index contributed by atoms with van der Waals surface area (Å²) in [5.41, 5.74) is 0.654. The molecule has 0 aliphatic heterocycles. The molecule has 0 fully saturated rings. The molecule has 1 aromatic carbocycles. The maximum atomic E-state index is 12.4. The first-order chi connectivity index (χ1) is 5.61. The summed E-state index contributed by atoms with van der Waals surface area (Å²) < 4.78 is 13.0. The van der Waals surface area contributed by atoms with Gasteiger partial charge in [0.15, 0.2) is 0 Å². The van der Waals surface area contributed by atoms with Crippen molar-refractivity contribution < 1.29 is 9.50 Å². The summed E-state index contributed by atoms with van der Waals surface area (Å²) >= 11 is 3.10. The smallest absolute Gasteiger partial charge is 0.128 e. The molecule has 1 nitrogen and oxygen atoms in total. The average Bonchev–Trinajstić information content (AvgIpc) is 2.04. The summed E-state index contributed by atoms with van der Waals surface area (Å²) in [5, 5.41) is 9.01. The second-order valence-electron chi connectivity index (χ2n) is 2.03. The molecule has 1 aromatic rings. The molecule has 0 saturated heterocycles. The molecule has 0 radical (unpaired) electrons. The van der Waals surface area contributed by atoms with Gasteiger partial charge in [-0.3, -0.25) is 0 Å². The number of aromatic hydroxyl groups is 1. The highest BCUT2D eigenvalue weighted by Crippen LogP contribution is 2.25. The molecule has 0 aromatic heterocycles. The van der Waals surface area contributed by atoms with E-state index in [1.807, 2.05) is 13.8 Å². The van der Waals surface area contributed by atoms with Crippen molar-refractivity contribution in [1.29, 1.82) is 0 Å². The van der Waals surface area contributed by atoms with Gasteiger partial charge in [-0.15, -0.1) is 0 Å². The number of rotatable bonds is 0. The molecule has 0 aliphatic carbocycles. The summed E-state index contributed by atoms with van der Waals surface area (Å²) in [6, 6.07) is 2.40. The average molecular weight is 235 g/mol. The normalized spacial score (nSPS) is 8.75. The van der Waals surface area contributed by atoms with Crippen molar-refractivity contribution in [3.05, 3.63) is 28.0 Å². The monoisotopic (exact) mass is 234 g/mol. The van der Waals surface area contributed by atoms with E-state index in [1.54, 1.807) is 6.92 Å². The Morgan fingerprint density at radius 1 is 1.33 bits per heavy atom. The Hall–Kier alpha value is -0.570. The van der Waals surface area contributed by atoms with Crippen molar-refractivity contribution in [3.8, 4) is 5.75 Å². The van der Waals surface area contributed by atoms with Gasteiger partial charge in [-0.1, -0.05) is 29.8 Å². The molecule has 12 heavy (non-hydrogen) atoms. The zero-order valence-corrected chi connectivity index (χ0v) is 8.94. The van der Waals surface area contributed by atoms with Crippen LogP contribution >= 0.6 is 15.9 Å². The molecule has 0 spiro atoms. The van der Waals surface area contributed by atoms with Gasteiger partial charge in [0.05, 0.1) is 0 Å². The molecule has 0 saturated carbocycles. The van der Waals surface area contributed by atoms with Crippen LogP contribution < -0.4 is 0 Å². The van der Waals surface area contributed by atoms with Crippen molar-refractivity contribution in [2.24, 2.45) is 0 Å². The maximum absolute atomic E-state index is 12.4. The summed E-state index contributed by atoms with van der Waals surface area (Å²) in [4.78, 5) is 0. The van der Waals surface area contributed by atoms with Crippen LogP contribution in [0, 0.1) is 12.7 Å². The fourth-order valence-electron chi connectivity index (χ4n) is 0.632. The first-order valence-corrected chi connectivity index (χ1v) is 4.55. The number of halogens is 2. The zero-order chi connectivity index (χ0) is 9.72. The van der Waals surface area contributed by atoms with E-state index >= 15 is 0 Å².